The monoisotopic (exact) mass is 300 g/mol. The van der Waals surface area contributed by atoms with Crippen molar-refractivity contribution in [2.45, 2.75) is 58.6 Å². The summed E-state index contributed by atoms with van der Waals surface area (Å²) in [4.78, 5) is 2.30. The number of likely N-dealkylation sites (N-methyl/N-ethyl adjacent to an activating group) is 1. The SMILES string of the molecule is CCC(C)(C)C1CCC(CN)C(N(C)CC(O)COC)C1. The second kappa shape index (κ2) is 8.47. The maximum absolute atomic E-state index is 9.98. The van der Waals surface area contributed by atoms with E-state index in [1.54, 1.807) is 7.11 Å². The molecule has 4 unspecified atom stereocenters. The molecule has 1 rings (SSSR count). The van der Waals surface area contributed by atoms with E-state index in [1.807, 2.05) is 0 Å². The lowest BCUT2D eigenvalue weighted by Gasteiger charge is -2.46. The molecule has 0 aliphatic heterocycles. The molecule has 0 spiro atoms. The van der Waals surface area contributed by atoms with Crippen LogP contribution >= 0.6 is 0 Å². The molecule has 0 bridgehead atoms. The molecule has 0 amide bonds. The van der Waals surface area contributed by atoms with Gasteiger partial charge in [-0.15, -0.1) is 0 Å². The summed E-state index contributed by atoms with van der Waals surface area (Å²) in [7, 11) is 3.75. The Morgan fingerprint density at radius 1 is 1.38 bits per heavy atom. The zero-order chi connectivity index (χ0) is 16.0. The summed E-state index contributed by atoms with van der Waals surface area (Å²) in [5.41, 5.74) is 6.39. The van der Waals surface area contributed by atoms with E-state index in [4.69, 9.17) is 10.5 Å². The molecule has 0 saturated heterocycles. The molecule has 4 atom stereocenters. The van der Waals surface area contributed by atoms with E-state index >= 15 is 0 Å². The van der Waals surface area contributed by atoms with Gasteiger partial charge in [-0.2, -0.15) is 0 Å². The largest absolute Gasteiger partial charge is 0.389 e. The number of aliphatic hydroxyl groups excluding tert-OH is 1. The zero-order valence-corrected chi connectivity index (χ0v) is 14.6. The summed E-state index contributed by atoms with van der Waals surface area (Å²) >= 11 is 0. The normalized spacial score (nSPS) is 28.9. The van der Waals surface area contributed by atoms with Crippen molar-refractivity contribution in [2.75, 3.05) is 33.9 Å². The van der Waals surface area contributed by atoms with Crippen molar-refractivity contribution in [1.82, 2.24) is 4.90 Å². The number of nitrogens with two attached hydrogens (primary N) is 1. The highest BCUT2D eigenvalue weighted by Gasteiger charge is 2.38. The van der Waals surface area contributed by atoms with Gasteiger partial charge in [0, 0.05) is 19.7 Å². The van der Waals surface area contributed by atoms with E-state index in [0.717, 1.165) is 12.5 Å². The average Bonchev–Trinajstić information content (AvgIpc) is 2.46. The van der Waals surface area contributed by atoms with Crippen LogP contribution in [0, 0.1) is 17.3 Å². The third-order valence-corrected chi connectivity index (χ3v) is 5.70. The van der Waals surface area contributed by atoms with Gasteiger partial charge in [-0.3, -0.25) is 0 Å². The summed E-state index contributed by atoms with van der Waals surface area (Å²) in [6.45, 7) is 8.86. The van der Waals surface area contributed by atoms with Crippen LogP contribution in [0.15, 0.2) is 0 Å². The smallest absolute Gasteiger partial charge is 0.0900 e. The van der Waals surface area contributed by atoms with Crippen LogP contribution in [0.4, 0.5) is 0 Å². The molecular weight excluding hydrogens is 264 g/mol. The zero-order valence-electron chi connectivity index (χ0n) is 14.6. The van der Waals surface area contributed by atoms with Gasteiger partial charge in [-0.05, 0) is 50.1 Å². The van der Waals surface area contributed by atoms with E-state index in [0.29, 0.717) is 30.5 Å². The summed E-state index contributed by atoms with van der Waals surface area (Å²) in [6.07, 6.45) is 4.48. The molecule has 0 heterocycles. The van der Waals surface area contributed by atoms with Crippen LogP contribution in [0.1, 0.15) is 46.5 Å². The molecule has 0 aromatic heterocycles. The molecular formula is C17H36N2O2. The Hall–Kier alpha value is -0.160. The van der Waals surface area contributed by atoms with E-state index in [2.05, 4.69) is 32.7 Å². The van der Waals surface area contributed by atoms with Gasteiger partial charge >= 0.3 is 0 Å². The number of hydrogen-bond donors (Lipinski definition) is 2. The van der Waals surface area contributed by atoms with Crippen molar-refractivity contribution in [3.63, 3.8) is 0 Å². The van der Waals surface area contributed by atoms with Gasteiger partial charge in [0.05, 0.1) is 12.7 Å². The molecule has 21 heavy (non-hydrogen) atoms. The average molecular weight is 300 g/mol. The molecule has 1 fully saturated rings. The van der Waals surface area contributed by atoms with Crippen LogP contribution in [-0.4, -0.2) is 56.0 Å². The highest BCUT2D eigenvalue weighted by atomic mass is 16.5. The molecule has 126 valence electrons. The number of rotatable bonds is 8. The van der Waals surface area contributed by atoms with Gasteiger partial charge in [0.25, 0.3) is 0 Å². The minimum Gasteiger partial charge on any atom is -0.389 e. The Bertz CT molecular complexity index is 297. The predicted octanol–water partition coefficient (Wildman–Crippen LogP) is 2.11. The second-order valence-electron chi connectivity index (χ2n) is 7.46. The molecule has 1 saturated carbocycles. The topological polar surface area (TPSA) is 58.7 Å². The van der Waals surface area contributed by atoms with Crippen molar-refractivity contribution in [2.24, 2.45) is 23.0 Å². The molecule has 1 aliphatic carbocycles. The van der Waals surface area contributed by atoms with Gasteiger partial charge in [-0.25, -0.2) is 0 Å². The third kappa shape index (κ3) is 5.20. The summed E-state index contributed by atoms with van der Waals surface area (Å²) in [6, 6.07) is 0.478. The summed E-state index contributed by atoms with van der Waals surface area (Å²) < 4.78 is 5.04. The first-order chi connectivity index (χ1) is 9.85. The highest BCUT2D eigenvalue weighted by molar-refractivity contribution is 4.91. The fourth-order valence-corrected chi connectivity index (χ4v) is 3.74. The van der Waals surface area contributed by atoms with Crippen molar-refractivity contribution in [3.05, 3.63) is 0 Å². The molecule has 4 heteroatoms. The molecule has 0 radical (unpaired) electrons. The van der Waals surface area contributed by atoms with Crippen LogP contribution in [0.3, 0.4) is 0 Å². The van der Waals surface area contributed by atoms with Gasteiger partial charge < -0.3 is 20.5 Å². The standard InChI is InChI=1S/C17H36N2O2/c1-6-17(2,3)14-8-7-13(10-18)16(9-14)19(4)11-15(20)12-21-5/h13-16,20H,6-12,18H2,1-5H3. The van der Waals surface area contributed by atoms with Gasteiger partial charge in [0.15, 0.2) is 0 Å². The predicted molar refractivity (Wildman–Crippen MR) is 88.3 cm³/mol. The maximum atomic E-state index is 9.98. The maximum Gasteiger partial charge on any atom is 0.0900 e. The number of methoxy groups -OCH3 is 1. The molecule has 1 aliphatic rings. The van der Waals surface area contributed by atoms with Gasteiger partial charge in [0.1, 0.15) is 0 Å². The van der Waals surface area contributed by atoms with Crippen LogP contribution < -0.4 is 5.73 Å². The fourth-order valence-electron chi connectivity index (χ4n) is 3.74. The molecule has 0 aromatic carbocycles. The lowest BCUT2D eigenvalue weighted by atomic mass is 9.65. The number of ether oxygens (including phenoxy) is 1. The Labute approximate surface area is 131 Å². The van der Waals surface area contributed by atoms with Crippen molar-refractivity contribution >= 4 is 0 Å². The minimum absolute atomic E-state index is 0.393. The first kappa shape index (κ1) is 18.9. The van der Waals surface area contributed by atoms with Gasteiger partial charge in [-0.1, -0.05) is 27.2 Å². The van der Waals surface area contributed by atoms with Crippen molar-refractivity contribution < 1.29 is 9.84 Å². The highest BCUT2D eigenvalue weighted by Crippen LogP contribution is 2.43. The Balaban J connectivity index is 2.70. The number of nitrogens with zero attached hydrogens (tertiary/aromatic N) is 1. The van der Waals surface area contributed by atoms with Crippen LogP contribution in [0.25, 0.3) is 0 Å². The Morgan fingerprint density at radius 2 is 2.05 bits per heavy atom. The van der Waals surface area contributed by atoms with Crippen LogP contribution in [0.2, 0.25) is 0 Å². The molecule has 0 aromatic rings. The van der Waals surface area contributed by atoms with E-state index in [9.17, 15) is 5.11 Å². The lowest BCUT2D eigenvalue weighted by Crippen LogP contribution is -2.49. The molecule has 3 N–H and O–H groups in total. The Kier molecular flexibility index (Phi) is 7.62. The quantitative estimate of drug-likeness (QED) is 0.721. The fraction of sp³-hybridized carbons (Fsp3) is 1.00. The van der Waals surface area contributed by atoms with Crippen LogP contribution in [-0.2, 0) is 4.74 Å². The van der Waals surface area contributed by atoms with Crippen LogP contribution in [0.5, 0.6) is 0 Å². The summed E-state index contributed by atoms with van der Waals surface area (Å²) in [5, 5.41) is 9.98. The molecule has 4 nitrogen and oxygen atoms in total. The van der Waals surface area contributed by atoms with Crippen molar-refractivity contribution in [1.29, 1.82) is 0 Å². The number of hydrogen-bond acceptors (Lipinski definition) is 4. The second-order valence-corrected chi connectivity index (χ2v) is 7.46. The van der Waals surface area contributed by atoms with Crippen molar-refractivity contribution in [3.8, 4) is 0 Å². The number of aliphatic hydroxyl groups is 1. The van der Waals surface area contributed by atoms with E-state index in [1.165, 1.54) is 25.7 Å². The Morgan fingerprint density at radius 3 is 2.57 bits per heavy atom. The third-order valence-electron chi connectivity index (χ3n) is 5.70. The van der Waals surface area contributed by atoms with Gasteiger partial charge in [0.2, 0.25) is 0 Å². The van der Waals surface area contributed by atoms with E-state index < -0.39 is 6.10 Å². The first-order valence-electron chi connectivity index (χ1n) is 8.43. The lowest BCUT2D eigenvalue weighted by molar-refractivity contribution is 0.00262. The summed E-state index contributed by atoms with van der Waals surface area (Å²) in [5.74, 6) is 1.30. The minimum atomic E-state index is -0.419. The van der Waals surface area contributed by atoms with E-state index in [-0.39, 0.29) is 0 Å². The first-order valence-corrected chi connectivity index (χ1v) is 8.43.